The molecule has 2 aliphatic heterocycles. The summed E-state index contributed by atoms with van der Waals surface area (Å²) < 4.78 is 11.1. The highest BCUT2D eigenvalue weighted by Crippen LogP contribution is 2.37. The van der Waals surface area contributed by atoms with Crippen LogP contribution in [0.1, 0.15) is 17.5 Å². The summed E-state index contributed by atoms with van der Waals surface area (Å²) in [6.07, 6.45) is -0.330. The lowest BCUT2D eigenvalue weighted by Gasteiger charge is -2.27. The standard InChI is InChI=1S/C28H26N4O5/c1-17-9-10-20-22(13-17)29-26(21-6-2-3-7-23(21)33)30-27(20)31-12-11-19(15-31)32(28(34)35)14-18-5-4-8-24-25(18)37-16-36-24/h2-10,13,19,33H,11-12,14-16H2,1H3,(H,34,35)/t19-/m1/s1. The maximum Gasteiger partial charge on any atom is 0.407 e. The molecule has 4 aromatic rings. The number of rotatable bonds is 5. The topological polar surface area (TPSA) is 108 Å². The molecule has 2 N–H and O–H groups in total. The van der Waals surface area contributed by atoms with E-state index in [1.165, 1.54) is 4.90 Å². The number of carbonyl (C=O) groups is 1. The Morgan fingerprint density at radius 3 is 2.81 bits per heavy atom. The van der Waals surface area contributed by atoms with Gasteiger partial charge >= 0.3 is 6.09 Å². The first kappa shape index (κ1) is 22.9. The summed E-state index contributed by atoms with van der Waals surface area (Å²) in [5.41, 5.74) is 3.17. The van der Waals surface area contributed by atoms with Crippen LogP contribution in [0.3, 0.4) is 0 Å². The number of benzene rings is 3. The van der Waals surface area contributed by atoms with E-state index in [1.807, 2.05) is 49.4 Å². The minimum atomic E-state index is -0.985. The number of nitrogens with zero attached hydrogens (tertiary/aromatic N) is 4. The smallest absolute Gasteiger partial charge is 0.407 e. The summed E-state index contributed by atoms with van der Waals surface area (Å²) in [5.74, 6) is 2.51. The van der Waals surface area contributed by atoms with Crippen molar-refractivity contribution in [2.24, 2.45) is 0 Å². The van der Waals surface area contributed by atoms with Gasteiger partial charge in [0.2, 0.25) is 6.79 Å². The van der Waals surface area contributed by atoms with Crippen LogP contribution in [-0.2, 0) is 6.54 Å². The Balaban J connectivity index is 1.33. The number of fused-ring (bicyclic) bond motifs is 2. The van der Waals surface area contributed by atoms with Gasteiger partial charge in [0, 0.05) is 24.0 Å². The number of para-hydroxylation sites is 2. The molecule has 0 bridgehead atoms. The average molecular weight is 499 g/mol. The number of aromatic hydroxyl groups is 1. The number of aromatic nitrogens is 2. The van der Waals surface area contributed by atoms with Crippen molar-refractivity contribution in [2.45, 2.75) is 25.9 Å². The van der Waals surface area contributed by atoms with Gasteiger partial charge in [-0.05, 0) is 49.2 Å². The largest absolute Gasteiger partial charge is 0.507 e. The van der Waals surface area contributed by atoms with Gasteiger partial charge in [0.15, 0.2) is 17.3 Å². The van der Waals surface area contributed by atoms with Crippen LogP contribution < -0.4 is 14.4 Å². The van der Waals surface area contributed by atoms with E-state index in [-0.39, 0.29) is 25.1 Å². The highest BCUT2D eigenvalue weighted by Gasteiger charge is 2.33. The van der Waals surface area contributed by atoms with Crippen LogP contribution in [0.25, 0.3) is 22.3 Å². The first-order valence-electron chi connectivity index (χ1n) is 12.2. The number of anilines is 1. The third kappa shape index (κ3) is 4.22. The maximum absolute atomic E-state index is 12.3. The summed E-state index contributed by atoms with van der Waals surface area (Å²) in [6, 6.07) is 18.3. The number of phenolic OH excluding ortho intramolecular Hbond substituents is 1. The second-order valence-corrected chi connectivity index (χ2v) is 9.36. The van der Waals surface area contributed by atoms with Gasteiger partial charge in [-0.3, -0.25) is 4.90 Å². The van der Waals surface area contributed by atoms with E-state index in [0.717, 1.165) is 27.8 Å². The van der Waals surface area contributed by atoms with Crippen molar-refractivity contribution in [2.75, 3.05) is 24.8 Å². The van der Waals surface area contributed by atoms with Crippen LogP contribution in [0.5, 0.6) is 17.2 Å². The third-order valence-corrected chi connectivity index (χ3v) is 6.95. The van der Waals surface area contributed by atoms with Crippen molar-refractivity contribution in [3.8, 4) is 28.6 Å². The molecule has 1 amide bonds. The van der Waals surface area contributed by atoms with Crippen LogP contribution in [0.4, 0.5) is 10.6 Å². The highest BCUT2D eigenvalue weighted by molar-refractivity contribution is 5.92. The van der Waals surface area contributed by atoms with Crippen LogP contribution in [0, 0.1) is 6.92 Å². The third-order valence-electron chi connectivity index (χ3n) is 6.95. The van der Waals surface area contributed by atoms with E-state index in [1.54, 1.807) is 18.2 Å². The number of hydrogen-bond acceptors (Lipinski definition) is 7. The van der Waals surface area contributed by atoms with Gasteiger partial charge in [-0.1, -0.05) is 30.3 Å². The molecule has 0 saturated carbocycles. The van der Waals surface area contributed by atoms with Gasteiger partial charge in [-0.15, -0.1) is 0 Å². The zero-order chi connectivity index (χ0) is 25.5. The highest BCUT2D eigenvalue weighted by atomic mass is 16.7. The molecule has 0 radical (unpaired) electrons. The van der Waals surface area contributed by atoms with E-state index < -0.39 is 6.09 Å². The van der Waals surface area contributed by atoms with E-state index >= 15 is 0 Å². The second kappa shape index (κ2) is 9.16. The van der Waals surface area contributed by atoms with E-state index in [9.17, 15) is 15.0 Å². The first-order valence-corrected chi connectivity index (χ1v) is 12.2. The Labute approximate surface area is 213 Å². The summed E-state index contributed by atoms with van der Waals surface area (Å²) in [6.45, 7) is 3.47. The molecule has 37 heavy (non-hydrogen) atoms. The molecular formula is C28H26N4O5. The van der Waals surface area contributed by atoms with Gasteiger partial charge in [0.25, 0.3) is 0 Å². The van der Waals surface area contributed by atoms with Crippen LogP contribution in [0.2, 0.25) is 0 Å². The SMILES string of the molecule is Cc1ccc2c(N3CC[C@@H](N(Cc4cccc5c4OCO5)C(=O)O)C3)nc(-c3ccccc3O)nc2c1. The van der Waals surface area contributed by atoms with Gasteiger partial charge < -0.3 is 24.6 Å². The minimum absolute atomic E-state index is 0.110. The van der Waals surface area contributed by atoms with Crippen LogP contribution in [0.15, 0.2) is 60.7 Å². The maximum atomic E-state index is 12.3. The molecule has 0 spiro atoms. The van der Waals surface area contributed by atoms with Gasteiger partial charge in [-0.2, -0.15) is 0 Å². The number of phenols is 1. The molecule has 0 unspecified atom stereocenters. The Bertz CT molecular complexity index is 1510. The normalized spacial score (nSPS) is 16.4. The zero-order valence-electron chi connectivity index (χ0n) is 20.3. The average Bonchev–Trinajstić information content (AvgIpc) is 3.57. The van der Waals surface area contributed by atoms with E-state index in [4.69, 9.17) is 19.4 Å². The minimum Gasteiger partial charge on any atom is -0.507 e. The molecule has 6 rings (SSSR count). The first-order chi connectivity index (χ1) is 18.0. The zero-order valence-corrected chi connectivity index (χ0v) is 20.3. The van der Waals surface area contributed by atoms with Crippen molar-refractivity contribution >= 4 is 22.8 Å². The molecular weight excluding hydrogens is 472 g/mol. The molecule has 188 valence electrons. The Kier molecular flexibility index (Phi) is 5.67. The summed E-state index contributed by atoms with van der Waals surface area (Å²) in [5, 5.41) is 21.4. The molecule has 9 heteroatoms. The van der Waals surface area contributed by atoms with Gasteiger partial charge in [-0.25, -0.2) is 14.8 Å². The molecule has 1 saturated heterocycles. The van der Waals surface area contributed by atoms with Crippen LogP contribution in [-0.4, -0.2) is 57.1 Å². The van der Waals surface area contributed by atoms with Crippen molar-refractivity contribution in [3.05, 3.63) is 71.8 Å². The number of amides is 1. The predicted molar refractivity (Wildman–Crippen MR) is 138 cm³/mol. The number of ether oxygens (including phenoxy) is 2. The summed E-state index contributed by atoms with van der Waals surface area (Å²) in [4.78, 5) is 25.5. The van der Waals surface area contributed by atoms with Crippen molar-refractivity contribution < 1.29 is 24.5 Å². The molecule has 3 heterocycles. The number of carboxylic acid groups (broad SMARTS) is 1. The van der Waals surface area contributed by atoms with E-state index in [0.29, 0.717) is 42.4 Å². The lowest BCUT2D eigenvalue weighted by Crippen LogP contribution is -2.40. The van der Waals surface area contributed by atoms with Crippen molar-refractivity contribution in [3.63, 3.8) is 0 Å². The summed E-state index contributed by atoms with van der Waals surface area (Å²) in [7, 11) is 0. The number of aryl methyl sites for hydroxylation is 1. The van der Waals surface area contributed by atoms with Crippen LogP contribution >= 0.6 is 0 Å². The predicted octanol–water partition coefficient (Wildman–Crippen LogP) is 4.80. The number of hydrogen-bond donors (Lipinski definition) is 2. The fourth-order valence-electron chi connectivity index (χ4n) is 5.09. The van der Waals surface area contributed by atoms with Crippen molar-refractivity contribution in [1.29, 1.82) is 0 Å². The molecule has 3 aromatic carbocycles. The molecule has 9 nitrogen and oxygen atoms in total. The summed E-state index contributed by atoms with van der Waals surface area (Å²) >= 11 is 0. The van der Waals surface area contributed by atoms with E-state index in [2.05, 4.69) is 4.90 Å². The monoisotopic (exact) mass is 498 g/mol. The lowest BCUT2D eigenvalue weighted by molar-refractivity contribution is 0.123. The Morgan fingerprint density at radius 1 is 1.11 bits per heavy atom. The lowest BCUT2D eigenvalue weighted by atomic mass is 10.1. The van der Waals surface area contributed by atoms with Gasteiger partial charge in [0.1, 0.15) is 11.6 Å². The molecule has 2 aliphatic rings. The molecule has 0 aliphatic carbocycles. The fourth-order valence-corrected chi connectivity index (χ4v) is 5.09. The Morgan fingerprint density at radius 2 is 1.97 bits per heavy atom. The second-order valence-electron chi connectivity index (χ2n) is 9.36. The molecule has 1 aromatic heterocycles. The molecule has 1 atom stereocenters. The quantitative estimate of drug-likeness (QED) is 0.404. The molecule has 1 fully saturated rings. The van der Waals surface area contributed by atoms with Gasteiger partial charge in [0.05, 0.1) is 23.7 Å². The fraction of sp³-hybridized carbons (Fsp3) is 0.250. The van der Waals surface area contributed by atoms with Crippen molar-refractivity contribution in [1.82, 2.24) is 14.9 Å². The Hall–Kier alpha value is -4.53.